The second-order valence-corrected chi connectivity index (χ2v) is 6.26. The van der Waals surface area contributed by atoms with Crippen LogP contribution in [0.5, 0.6) is 5.75 Å². The smallest absolute Gasteiger partial charge is 0.254 e. The van der Waals surface area contributed by atoms with Gasteiger partial charge in [0.05, 0.1) is 6.61 Å². The Hall–Kier alpha value is -2.33. The van der Waals surface area contributed by atoms with Crippen molar-refractivity contribution in [3.8, 4) is 5.75 Å². The fraction of sp³-hybridized carbons (Fsp3) is 0.350. The molecule has 1 aliphatic rings. The van der Waals surface area contributed by atoms with Crippen LogP contribution in [-0.2, 0) is 6.61 Å². The molecule has 0 unspecified atom stereocenters. The summed E-state index contributed by atoms with van der Waals surface area (Å²) in [6, 6.07) is 15.7. The summed E-state index contributed by atoms with van der Waals surface area (Å²) >= 11 is 0. The molecule has 126 valence electrons. The van der Waals surface area contributed by atoms with Crippen molar-refractivity contribution < 1.29 is 14.6 Å². The third-order valence-electron chi connectivity index (χ3n) is 4.16. The lowest BCUT2D eigenvalue weighted by Crippen LogP contribution is -2.35. The molecule has 1 amide bonds. The van der Waals surface area contributed by atoms with Crippen LogP contribution in [0.2, 0.25) is 0 Å². The van der Waals surface area contributed by atoms with E-state index in [-0.39, 0.29) is 18.6 Å². The first-order chi connectivity index (χ1) is 11.7. The number of amides is 1. The van der Waals surface area contributed by atoms with E-state index in [2.05, 4.69) is 19.1 Å². The predicted molar refractivity (Wildman–Crippen MR) is 93.1 cm³/mol. The number of hydrogen-bond acceptors (Lipinski definition) is 3. The molecule has 4 nitrogen and oxygen atoms in total. The summed E-state index contributed by atoms with van der Waals surface area (Å²) in [5.41, 5.74) is 2.91. The third-order valence-corrected chi connectivity index (χ3v) is 4.16. The molecule has 2 aromatic rings. The molecule has 0 radical (unpaired) electrons. The standard InChI is InChI=1S/C20H23NO3/c1-15-4-2-5-16(12-15)14-24-19-7-3-6-17(13-19)20(23)21(10-11-22)18-8-9-18/h2-7,12-13,18,22H,8-11,14H2,1H3. The largest absolute Gasteiger partial charge is 0.489 e. The number of benzene rings is 2. The molecule has 3 rings (SSSR count). The van der Waals surface area contributed by atoms with Crippen LogP contribution in [-0.4, -0.2) is 35.1 Å². The fourth-order valence-corrected chi connectivity index (χ4v) is 2.80. The van der Waals surface area contributed by atoms with Crippen molar-refractivity contribution in [2.24, 2.45) is 0 Å². The zero-order chi connectivity index (χ0) is 16.9. The Morgan fingerprint density at radius 1 is 1.21 bits per heavy atom. The topological polar surface area (TPSA) is 49.8 Å². The van der Waals surface area contributed by atoms with E-state index in [0.29, 0.717) is 24.5 Å². The molecular formula is C20H23NO3. The third kappa shape index (κ3) is 4.15. The second kappa shape index (κ2) is 7.49. The quantitative estimate of drug-likeness (QED) is 0.850. The van der Waals surface area contributed by atoms with Crippen LogP contribution in [0.4, 0.5) is 0 Å². The highest BCUT2D eigenvalue weighted by Crippen LogP contribution is 2.28. The summed E-state index contributed by atoms with van der Waals surface area (Å²) in [6.45, 7) is 2.91. The van der Waals surface area contributed by atoms with Crippen LogP contribution in [0, 0.1) is 6.92 Å². The molecule has 0 aromatic heterocycles. The number of aryl methyl sites for hydroxylation is 1. The molecular weight excluding hydrogens is 302 g/mol. The average Bonchev–Trinajstić information content (AvgIpc) is 3.42. The zero-order valence-corrected chi connectivity index (χ0v) is 13.9. The molecule has 0 saturated heterocycles. The van der Waals surface area contributed by atoms with E-state index in [1.807, 2.05) is 24.3 Å². The molecule has 24 heavy (non-hydrogen) atoms. The number of hydrogen-bond donors (Lipinski definition) is 1. The number of aliphatic hydroxyl groups excluding tert-OH is 1. The van der Waals surface area contributed by atoms with Crippen LogP contribution >= 0.6 is 0 Å². The molecule has 4 heteroatoms. The highest BCUT2D eigenvalue weighted by atomic mass is 16.5. The number of ether oxygens (including phenoxy) is 1. The van der Waals surface area contributed by atoms with Gasteiger partial charge in [-0.15, -0.1) is 0 Å². The number of carbonyl (C=O) groups excluding carboxylic acids is 1. The maximum atomic E-state index is 12.6. The van der Waals surface area contributed by atoms with Crippen molar-refractivity contribution in [2.75, 3.05) is 13.2 Å². The minimum Gasteiger partial charge on any atom is -0.489 e. The summed E-state index contributed by atoms with van der Waals surface area (Å²) in [5, 5.41) is 9.18. The molecule has 2 aromatic carbocycles. The van der Waals surface area contributed by atoms with E-state index >= 15 is 0 Å². The van der Waals surface area contributed by atoms with E-state index in [0.717, 1.165) is 18.4 Å². The van der Waals surface area contributed by atoms with Crippen molar-refractivity contribution in [1.29, 1.82) is 0 Å². The summed E-state index contributed by atoms with van der Waals surface area (Å²) < 4.78 is 5.83. The lowest BCUT2D eigenvalue weighted by Gasteiger charge is -2.21. The molecule has 1 N–H and O–H groups in total. The van der Waals surface area contributed by atoms with Crippen LogP contribution in [0.15, 0.2) is 48.5 Å². The Morgan fingerprint density at radius 3 is 2.71 bits per heavy atom. The number of rotatable bonds is 7. The van der Waals surface area contributed by atoms with Crippen LogP contribution in [0.25, 0.3) is 0 Å². The monoisotopic (exact) mass is 325 g/mol. The molecule has 1 saturated carbocycles. The lowest BCUT2D eigenvalue weighted by atomic mass is 10.1. The Kier molecular flexibility index (Phi) is 5.16. The first-order valence-electron chi connectivity index (χ1n) is 8.37. The predicted octanol–water partition coefficient (Wildman–Crippen LogP) is 3.17. The van der Waals surface area contributed by atoms with Gasteiger partial charge in [0.1, 0.15) is 12.4 Å². The minimum absolute atomic E-state index is 0.00815. The summed E-state index contributed by atoms with van der Waals surface area (Å²) in [4.78, 5) is 14.4. The molecule has 0 bridgehead atoms. The fourth-order valence-electron chi connectivity index (χ4n) is 2.80. The molecule has 1 fully saturated rings. The van der Waals surface area contributed by atoms with Crippen LogP contribution in [0.3, 0.4) is 0 Å². The van der Waals surface area contributed by atoms with E-state index in [9.17, 15) is 9.90 Å². The highest BCUT2D eigenvalue weighted by molar-refractivity contribution is 5.95. The van der Waals surface area contributed by atoms with Crippen molar-refractivity contribution in [2.45, 2.75) is 32.4 Å². The first kappa shape index (κ1) is 16.5. The van der Waals surface area contributed by atoms with E-state index < -0.39 is 0 Å². The van der Waals surface area contributed by atoms with Gasteiger partial charge in [0.15, 0.2) is 0 Å². The molecule has 0 spiro atoms. The van der Waals surface area contributed by atoms with Gasteiger partial charge < -0.3 is 14.7 Å². The van der Waals surface area contributed by atoms with Gasteiger partial charge in [-0.25, -0.2) is 0 Å². The molecule has 0 heterocycles. The van der Waals surface area contributed by atoms with E-state index in [1.165, 1.54) is 5.56 Å². The zero-order valence-electron chi connectivity index (χ0n) is 13.9. The average molecular weight is 325 g/mol. The summed E-state index contributed by atoms with van der Waals surface area (Å²) in [7, 11) is 0. The van der Waals surface area contributed by atoms with Gasteiger partial charge in [0, 0.05) is 18.2 Å². The summed E-state index contributed by atoms with van der Waals surface area (Å²) in [6.07, 6.45) is 2.05. The first-order valence-corrected chi connectivity index (χ1v) is 8.37. The maximum absolute atomic E-state index is 12.6. The Morgan fingerprint density at radius 2 is 2.00 bits per heavy atom. The molecule has 0 atom stereocenters. The number of aliphatic hydroxyl groups is 1. The summed E-state index contributed by atoms with van der Waals surface area (Å²) in [5.74, 6) is 0.648. The van der Waals surface area contributed by atoms with Gasteiger partial charge in [-0.1, -0.05) is 35.9 Å². The SMILES string of the molecule is Cc1cccc(COc2cccc(C(=O)N(CCO)C3CC3)c2)c1. The van der Waals surface area contributed by atoms with Crippen molar-refractivity contribution in [3.63, 3.8) is 0 Å². The van der Waals surface area contributed by atoms with E-state index in [4.69, 9.17) is 4.74 Å². The van der Waals surface area contributed by atoms with Crippen LogP contribution < -0.4 is 4.74 Å². The second-order valence-electron chi connectivity index (χ2n) is 6.26. The molecule has 0 aliphatic heterocycles. The van der Waals surface area contributed by atoms with E-state index in [1.54, 1.807) is 17.0 Å². The lowest BCUT2D eigenvalue weighted by molar-refractivity contribution is 0.0707. The van der Waals surface area contributed by atoms with Crippen molar-refractivity contribution in [1.82, 2.24) is 4.90 Å². The Labute approximate surface area is 142 Å². The van der Waals surface area contributed by atoms with Gasteiger partial charge in [0.2, 0.25) is 0 Å². The van der Waals surface area contributed by atoms with Gasteiger partial charge >= 0.3 is 0 Å². The Balaban J connectivity index is 1.68. The maximum Gasteiger partial charge on any atom is 0.254 e. The normalized spacial score (nSPS) is 13.6. The number of nitrogens with zero attached hydrogens (tertiary/aromatic N) is 1. The van der Waals surface area contributed by atoms with Crippen molar-refractivity contribution in [3.05, 3.63) is 65.2 Å². The Bertz CT molecular complexity index is 710. The minimum atomic E-state index is -0.0347. The van der Waals surface area contributed by atoms with Gasteiger partial charge in [-0.05, 0) is 43.5 Å². The van der Waals surface area contributed by atoms with Gasteiger partial charge in [-0.3, -0.25) is 4.79 Å². The van der Waals surface area contributed by atoms with Crippen molar-refractivity contribution >= 4 is 5.91 Å². The highest BCUT2D eigenvalue weighted by Gasteiger charge is 2.32. The number of carbonyl (C=O) groups is 1. The van der Waals surface area contributed by atoms with Gasteiger partial charge in [0.25, 0.3) is 5.91 Å². The van der Waals surface area contributed by atoms with Gasteiger partial charge in [-0.2, -0.15) is 0 Å². The van der Waals surface area contributed by atoms with Crippen LogP contribution in [0.1, 0.15) is 34.3 Å². The molecule has 1 aliphatic carbocycles.